The molecule has 1 saturated carbocycles. The number of rotatable bonds is 5. The summed E-state index contributed by atoms with van der Waals surface area (Å²) < 4.78 is 6.51. The number of likely N-dealkylation sites (N-methyl/N-ethyl adjacent to an activating group) is 1. The molecular weight excluding hydrogens is 466 g/mol. The van der Waals surface area contributed by atoms with Gasteiger partial charge in [-0.2, -0.15) is 0 Å². The number of hydrogen-bond donors (Lipinski definition) is 2. The van der Waals surface area contributed by atoms with Crippen LogP contribution in [-0.2, 0) is 11.3 Å². The lowest BCUT2D eigenvalue weighted by atomic mass is 9.94. The Hall–Kier alpha value is -2.90. The molecule has 2 aromatic carbocycles. The van der Waals surface area contributed by atoms with E-state index in [0.29, 0.717) is 25.3 Å². The summed E-state index contributed by atoms with van der Waals surface area (Å²) in [6.07, 6.45) is 5.32. The smallest absolute Gasteiger partial charge is 0.317 e. The van der Waals surface area contributed by atoms with Gasteiger partial charge in [-0.1, -0.05) is 68.7 Å². The van der Waals surface area contributed by atoms with Crippen molar-refractivity contribution in [3.63, 3.8) is 0 Å². The summed E-state index contributed by atoms with van der Waals surface area (Å²) in [6, 6.07) is 15.4. The SMILES string of the molecule is C[C@H]1CN([C@@H](C)CO)C(=O)c2ccccc2-c2ccccc2CO[C@@H]1CN(C)C(=O)NC1CCCCC1. The zero-order chi connectivity index (χ0) is 26.4. The molecule has 0 saturated heterocycles. The Labute approximate surface area is 220 Å². The molecule has 0 spiro atoms. The van der Waals surface area contributed by atoms with Gasteiger partial charge in [-0.25, -0.2) is 4.79 Å². The van der Waals surface area contributed by atoms with Crippen LogP contribution in [0, 0.1) is 5.92 Å². The molecule has 1 heterocycles. The summed E-state index contributed by atoms with van der Waals surface area (Å²) in [5, 5.41) is 13.2. The predicted octanol–water partition coefficient (Wildman–Crippen LogP) is 4.69. The van der Waals surface area contributed by atoms with Crippen LogP contribution in [-0.4, -0.2) is 71.8 Å². The molecule has 2 N–H and O–H groups in total. The summed E-state index contributed by atoms with van der Waals surface area (Å²) in [5.74, 6) is -0.178. The summed E-state index contributed by atoms with van der Waals surface area (Å²) >= 11 is 0. The minimum Gasteiger partial charge on any atom is -0.394 e. The number of benzene rings is 2. The second-order valence-corrected chi connectivity index (χ2v) is 10.7. The van der Waals surface area contributed by atoms with E-state index in [4.69, 9.17) is 4.74 Å². The summed E-state index contributed by atoms with van der Waals surface area (Å²) in [5.41, 5.74) is 3.43. The van der Waals surface area contributed by atoms with Crippen molar-refractivity contribution < 1.29 is 19.4 Å². The van der Waals surface area contributed by atoms with Crippen molar-refractivity contribution in [2.45, 2.75) is 70.7 Å². The Kier molecular flexibility index (Phi) is 9.22. The Morgan fingerprint density at radius 3 is 2.43 bits per heavy atom. The van der Waals surface area contributed by atoms with Gasteiger partial charge in [0.1, 0.15) is 0 Å². The molecule has 1 fully saturated rings. The molecule has 4 rings (SSSR count). The first-order valence-electron chi connectivity index (χ1n) is 13.6. The summed E-state index contributed by atoms with van der Waals surface area (Å²) in [7, 11) is 1.81. The van der Waals surface area contributed by atoms with Crippen LogP contribution in [0.15, 0.2) is 48.5 Å². The minimum absolute atomic E-state index is 0.0692. The van der Waals surface area contributed by atoms with Gasteiger partial charge in [0.05, 0.1) is 25.4 Å². The Morgan fingerprint density at radius 2 is 1.73 bits per heavy atom. The highest BCUT2D eigenvalue weighted by Gasteiger charge is 2.31. The molecule has 7 heteroatoms. The molecule has 37 heavy (non-hydrogen) atoms. The second-order valence-electron chi connectivity index (χ2n) is 10.7. The van der Waals surface area contributed by atoms with Crippen molar-refractivity contribution in [2.75, 3.05) is 26.7 Å². The number of carbonyl (C=O) groups excluding carboxylic acids is 2. The van der Waals surface area contributed by atoms with Gasteiger partial charge in [-0.15, -0.1) is 0 Å². The summed E-state index contributed by atoms with van der Waals surface area (Å²) in [6.45, 7) is 4.98. The van der Waals surface area contributed by atoms with Gasteiger partial charge < -0.3 is 25.0 Å². The molecule has 0 radical (unpaired) electrons. The molecule has 200 valence electrons. The van der Waals surface area contributed by atoms with Gasteiger partial charge >= 0.3 is 6.03 Å². The number of fused-ring (bicyclic) bond motifs is 3. The van der Waals surface area contributed by atoms with E-state index in [1.165, 1.54) is 6.42 Å². The third-order valence-electron chi connectivity index (χ3n) is 7.83. The lowest BCUT2D eigenvalue weighted by Crippen LogP contribution is -2.50. The molecule has 2 aromatic rings. The molecule has 0 aromatic heterocycles. The summed E-state index contributed by atoms with van der Waals surface area (Å²) in [4.78, 5) is 30.3. The number of aliphatic hydroxyl groups excluding tert-OH is 1. The fourth-order valence-corrected chi connectivity index (χ4v) is 5.44. The van der Waals surface area contributed by atoms with E-state index in [1.807, 2.05) is 62.5 Å². The Bertz CT molecular complexity index is 1070. The maximum absolute atomic E-state index is 13.9. The normalized spacial score (nSPS) is 21.8. The monoisotopic (exact) mass is 507 g/mol. The van der Waals surface area contributed by atoms with Crippen molar-refractivity contribution in [3.8, 4) is 11.1 Å². The molecule has 0 bridgehead atoms. The molecule has 1 aliphatic heterocycles. The highest BCUT2D eigenvalue weighted by molar-refractivity contribution is 6.01. The van der Waals surface area contributed by atoms with Crippen molar-refractivity contribution in [2.24, 2.45) is 5.92 Å². The number of hydrogen-bond acceptors (Lipinski definition) is 4. The lowest BCUT2D eigenvalue weighted by molar-refractivity contribution is -0.0185. The maximum atomic E-state index is 13.9. The Balaban J connectivity index is 1.62. The van der Waals surface area contributed by atoms with Gasteiger partial charge in [-0.05, 0) is 42.5 Å². The largest absolute Gasteiger partial charge is 0.394 e. The molecule has 2 aliphatic rings. The molecule has 3 amide bonds. The number of aliphatic hydroxyl groups is 1. The number of nitrogens with one attached hydrogen (secondary N) is 1. The minimum atomic E-state index is -0.355. The first-order valence-corrected chi connectivity index (χ1v) is 13.6. The van der Waals surface area contributed by atoms with E-state index in [9.17, 15) is 14.7 Å². The van der Waals surface area contributed by atoms with Crippen LogP contribution in [0.1, 0.15) is 61.9 Å². The average molecular weight is 508 g/mol. The molecule has 7 nitrogen and oxygen atoms in total. The van der Waals surface area contributed by atoms with Gasteiger partial charge in [0, 0.05) is 37.7 Å². The van der Waals surface area contributed by atoms with Gasteiger partial charge in [0.25, 0.3) is 5.91 Å². The fraction of sp³-hybridized carbons (Fsp3) is 0.533. The standard InChI is InChI=1S/C30H41N3O4/c1-21-17-33(22(2)19-34)29(35)27-16-10-9-15-26(27)25-14-8-7-11-23(25)20-37-28(21)18-32(3)30(36)31-24-12-5-4-6-13-24/h7-11,14-16,21-22,24,28,34H,4-6,12-13,17-20H2,1-3H3,(H,31,36)/t21-,22-,28+/m0/s1. The van der Waals surface area contributed by atoms with Crippen LogP contribution >= 0.6 is 0 Å². The van der Waals surface area contributed by atoms with E-state index in [1.54, 1.807) is 9.80 Å². The van der Waals surface area contributed by atoms with Gasteiger partial charge in [0.2, 0.25) is 0 Å². The topological polar surface area (TPSA) is 82.1 Å². The average Bonchev–Trinajstić information content (AvgIpc) is 2.94. The highest BCUT2D eigenvalue weighted by atomic mass is 16.5. The second kappa shape index (κ2) is 12.6. The highest BCUT2D eigenvalue weighted by Crippen LogP contribution is 2.31. The quantitative estimate of drug-likeness (QED) is 0.615. The van der Waals surface area contributed by atoms with Gasteiger partial charge in [-0.3, -0.25) is 4.79 Å². The van der Waals surface area contributed by atoms with Crippen molar-refractivity contribution >= 4 is 11.9 Å². The van der Waals surface area contributed by atoms with E-state index in [0.717, 1.165) is 42.4 Å². The van der Waals surface area contributed by atoms with Crippen LogP contribution in [0.3, 0.4) is 0 Å². The third-order valence-corrected chi connectivity index (χ3v) is 7.83. The van der Waals surface area contributed by atoms with Gasteiger partial charge in [0.15, 0.2) is 0 Å². The molecular formula is C30H41N3O4. The number of carbonyl (C=O) groups is 2. The van der Waals surface area contributed by atoms with E-state index in [2.05, 4.69) is 12.2 Å². The first-order chi connectivity index (χ1) is 17.9. The fourth-order valence-electron chi connectivity index (χ4n) is 5.44. The Morgan fingerprint density at radius 1 is 1.08 bits per heavy atom. The van der Waals surface area contributed by atoms with E-state index >= 15 is 0 Å². The molecule has 0 unspecified atom stereocenters. The van der Waals surface area contributed by atoms with Crippen molar-refractivity contribution in [1.29, 1.82) is 0 Å². The zero-order valence-corrected chi connectivity index (χ0v) is 22.4. The van der Waals surface area contributed by atoms with Crippen molar-refractivity contribution in [3.05, 3.63) is 59.7 Å². The molecule has 3 atom stereocenters. The van der Waals surface area contributed by atoms with E-state index in [-0.39, 0.29) is 42.7 Å². The van der Waals surface area contributed by atoms with Crippen LogP contribution < -0.4 is 5.32 Å². The third kappa shape index (κ3) is 6.51. The number of amides is 3. The number of ether oxygens (including phenoxy) is 1. The lowest BCUT2D eigenvalue weighted by Gasteiger charge is -2.35. The first kappa shape index (κ1) is 27.1. The van der Waals surface area contributed by atoms with Crippen molar-refractivity contribution in [1.82, 2.24) is 15.1 Å². The van der Waals surface area contributed by atoms with Crippen LogP contribution in [0.5, 0.6) is 0 Å². The van der Waals surface area contributed by atoms with E-state index < -0.39 is 0 Å². The zero-order valence-electron chi connectivity index (χ0n) is 22.4. The maximum Gasteiger partial charge on any atom is 0.317 e. The van der Waals surface area contributed by atoms with Crippen LogP contribution in [0.4, 0.5) is 4.79 Å². The molecule has 1 aliphatic carbocycles. The number of nitrogens with zero attached hydrogens (tertiary/aromatic N) is 2. The number of urea groups is 1. The van der Waals surface area contributed by atoms with Crippen LogP contribution in [0.25, 0.3) is 11.1 Å². The van der Waals surface area contributed by atoms with Crippen LogP contribution in [0.2, 0.25) is 0 Å². The predicted molar refractivity (Wildman–Crippen MR) is 145 cm³/mol.